The summed E-state index contributed by atoms with van der Waals surface area (Å²) < 4.78 is 0. The van der Waals surface area contributed by atoms with E-state index in [2.05, 4.69) is 19.2 Å². The van der Waals surface area contributed by atoms with Gasteiger partial charge in [0.05, 0.1) is 0 Å². The Kier molecular flexibility index (Phi) is 36.2. The predicted octanol–water partition coefficient (Wildman–Crippen LogP) is 12.5. The molecule has 0 rings (SSSR count). The van der Waals surface area contributed by atoms with Crippen molar-refractivity contribution in [2.75, 3.05) is 19.6 Å². The predicted molar refractivity (Wildman–Crippen MR) is 197 cm³/mol. The number of nitrogens with one attached hydrogen (secondary N) is 1. The molecular weight excluding hydrogens is 522 g/mol. The summed E-state index contributed by atoms with van der Waals surface area (Å²) in [6, 6.07) is 0. The zero-order valence-electron chi connectivity index (χ0n) is 30.3. The van der Waals surface area contributed by atoms with Crippen LogP contribution in [0.25, 0.3) is 0 Å². The third-order valence-corrected chi connectivity index (χ3v) is 9.85. The molecule has 0 aliphatic carbocycles. The van der Waals surface area contributed by atoms with Crippen LogP contribution in [0.2, 0.25) is 0 Å². The van der Waals surface area contributed by atoms with E-state index in [0.29, 0.717) is 6.54 Å². The first-order valence-electron chi connectivity index (χ1n) is 20.4. The zero-order chi connectivity index (χ0) is 31.4. The molecule has 0 amide bonds. The largest absolute Gasteiger partial charge is 0.329 e. The lowest BCUT2D eigenvalue weighted by Crippen LogP contribution is -2.49. The van der Waals surface area contributed by atoms with Crippen LogP contribution in [0, 0.1) is 0 Å². The van der Waals surface area contributed by atoms with Gasteiger partial charge in [-0.2, -0.15) is 0 Å². The van der Waals surface area contributed by atoms with Crippen LogP contribution in [0.3, 0.4) is 0 Å². The molecule has 5 N–H and O–H groups in total. The maximum Gasteiger partial charge on any atom is 0.0280 e. The molecule has 0 bridgehead atoms. The molecule has 0 saturated heterocycles. The second-order valence-electron chi connectivity index (χ2n) is 14.4. The number of unbranched alkanes of at least 4 members (excludes halogenated alkanes) is 30. The summed E-state index contributed by atoms with van der Waals surface area (Å²) in [5.41, 5.74) is 12.7. The molecule has 0 fully saturated rings. The summed E-state index contributed by atoms with van der Waals surface area (Å²) in [6.07, 6.45) is 47.9. The number of hydrogen-bond acceptors (Lipinski definition) is 3. The molecule has 260 valence electrons. The molecule has 0 unspecified atom stereocenters. The van der Waals surface area contributed by atoms with Crippen molar-refractivity contribution < 1.29 is 0 Å². The molecule has 3 nitrogen and oxygen atoms in total. The quantitative estimate of drug-likeness (QED) is 0.0612. The van der Waals surface area contributed by atoms with Gasteiger partial charge in [0.2, 0.25) is 0 Å². The van der Waals surface area contributed by atoms with Crippen LogP contribution in [0.1, 0.15) is 232 Å². The van der Waals surface area contributed by atoms with E-state index < -0.39 is 0 Å². The van der Waals surface area contributed by atoms with Crippen molar-refractivity contribution in [1.82, 2.24) is 5.32 Å². The van der Waals surface area contributed by atoms with Crippen LogP contribution in [0.4, 0.5) is 0 Å². The smallest absolute Gasteiger partial charge is 0.0280 e. The Morgan fingerprint density at radius 3 is 0.837 bits per heavy atom. The lowest BCUT2D eigenvalue weighted by molar-refractivity contribution is 0.319. The fourth-order valence-electron chi connectivity index (χ4n) is 6.79. The average Bonchev–Trinajstić information content (AvgIpc) is 3.01. The van der Waals surface area contributed by atoms with Crippen LogP contribution in [0.15, 0.2) is 0 Å². The molecule has 0 aliphatic rings. The van der Waals surface area contributed by atoms with Crippen molar-refractivity contribution in [2.24, 2.45) is 11.5 Å². The van der Waals surface area contributed by atoms with Gasteiger partial charge in [0.25, 0.3) is 0 Å². The summed E-state index contributed by atoms with van der Waals surface area (Å²) in [4.78, 5) is 0. The summed E-state index contributed by atoms with van der Waals surface area (Å²) in [5, 5.41) is 3.53. The fraction of sp³-hybridized carbons (Fsp3) is 1.00. The van der Waals surface area contributed by atoms with Crippen LogP contribution < -0.4 is 16.8 Å². The van der Waals surface area contributed by atoms with Crippen LogP contribution in [0.5, 0.6) is 0 Å². The first kappa shape index (κ1) is 42.9. The van der Waals surface area contributed by atoms with E-state index in [1.807, 2.05) is 0 Å². The highest BCUT2D eigenvalue weighted by atomic mass is 14.9. The zero-order valence-corrected chi connectivity index (χ0v) is 30.3. The molecule has 0 aromatic carbocycles. The van der Waals surface area contributed by atoms with Gasteiger partial charge in [0.1, 0.15) is 0 Å². The van der Waals surface area contributed by atoms with Gasteiger partial charge in [-0.15, -0.1) is 0 Å². The maximum atomic E-state index is 6.96. The first-order chi connectivity index (χ1) is 21.2. The minimum atomic E-state index is -0.0405. The molecule has 0 aliphatic heterocycles. The Hall–Kier alpha value is -0.120. The maximum absolute atomic E-state index is 6.96. The minimum Gasteiger partial charge on any atom is -0.329 e. The Morgan fingerprint density at radius 2 is 0.605 bits per heavy atom. The Labute approximate surface area is 273 Å². The van der Waals surface area contributed by atoms with E-state index in [9.17, 15) is 0 Å². The summed E-state index contributed by atoms with van der Waals surface area (Å²) in [6.45, 7) is 7.13. The molecule has 0 spiro atoms. The van der Waals surface area contributed by atoms with Gasteiger partial charge in [-0.05, 0) is 12.8 Å². The van der Waals surface area contributed by atoms with Gasteiger partial charge in [0, 0.05) is 25.2 Å². The molecule has 0 aromatic heterocycles. The van der Waals surface area contributed by atoms with Crippen molar-refractivity contribution in [2.45, 2.75) is 238 Å². The molecule has 0 aromatic rings. The third kappa shape index (κ3) is 34.6. The number of rotatable bonds is 38. The first-order valence-corrected chi connectivity index (χ1v) is 20.4. The minimum absolute atomic E-state index is 0.0405. The lowest BCUT2D eigenvalue weighted by Gasteiger charge is -2.30. The average molecular weight is 608 g/mol. The second-order valence-corrected chi connectivity index (χ2v) is 14.4. The van der Waals surface area contributed by atoms with Crippen LogP contribution >= 0.6 is 0 Å². The molecule has 0 radical (unpaired) electrons. The van der Waals surface area contributed by atoms with Crippen molar-refractivity contribution in [3.63, 3.8) is 0 Å². The number of nitrogens with two attached hydrogens (primary N) is 2. The third-order valence-electron chi connectivity index (χ3n) is 9.85. The van der Waals surface area contributed by atoms with E-state index in [1.54, 1.807) is 0 Å². The Bertz CT molecular complexity index is 458. The van der Waals surface area contributed by atoms with Gasteiger partial charge in [-0.25, -0.2) is 0 Å². The van der Waals surface area contributed by atoms with Crippen LogP contribution in [-0.2, 0) is 0 Å². The van der Waals surface area contributed by atoms with Gasteiger partial charge in [0.15, 0.2) is 0 Å². The van der Waals surface area contributed by atoms with Gasteiger partial charge in [-0.1, -0.05) is 219 Å². The van der Waals surface area contributed by atoms with E-state index in [1.165, 1.54) is 218 Å². The van der Waals surface area contributed by atoms with Crippen LogP contribution in [-0.4, -0.2) is 25.2 Å². The fourth-order valence-corrected chi connectivity index (χ4v) is 6.79. The standard InChI is InChI=1S/C40H85N3/c1-3-5-7-9-11-13-15-17-19-21-23-25-27-29-31-33-35-40(42,39-43-38-37-41)36-34-32-30-28-26-24-22-20-18-16-14-12-10-8-6-4-2/h43H,3-39,41-42H2,1-2H3. The van der Waals surface area contributed by atoms with Crippen molar-refractivity contribution in [1.29, 1.82) is 0 Å². The van der Waals surface area contributed by atoms with Crippen molar-refractivity contribution in [3.05, 3.63) is 0 Å². The van der Waals surface area contributed by atoms with E-state index >= 15 is 0 Å². The van der Waals surface area contributed by atoms with E-state index in [0.717, 1.165) is 13.1 Å². The SMILES string of the molecule is CCCCCCCCCCCCCCCCCCC(N)(CCCCCCCCCCCCCCCCCC)CNCCN. The molecule has 0 atom stereocenters. The second kappa shape index (κ2) is 36.3. The Balaban J connectivity index is 3.67. The molecule has 0 heterocycles. The van der Waals surface area contributed by atoms with Gasteiger partial charge >= 0.3 is 0 Å². The summed E-state index contributed by atoms with van der Waals surface area (Å²) in [5.74, 6) is 0. The monoisotopic (exact) mass is 608 g/mol. The highest BCUT2D eigenvalue weighted by Crippen LogP contribution is 2.22. The lowest BCUT2D eigenvalue weighted by atomic mass is 9.87. The number of hydrogen-bond donors (Lipinski definition) is 3. The summed E-state index contributed by atoms with van der Waals surface area (Å²) in [7, 11) is 0. The Morgan fingerprint density at radius 1 is 0.372 bits per heavy atom. The highest BCUT2D eigenvalue weighted by Gasteiger charge is 2.23. The molecule has 0 saturated carbocycles. The molecular formula is C40H85N3. The van der Waals surface area contributed by atoms with Crippen molar-refractivity contribution in [3.8, 4) is 0 Å². The molecule has 3 heteroatoms. The topological polar surface area (TPSA) is 64.1 Å². The molecule has 43 heavy (non-hydrogen) atoms. The van der Waals surface area contributed by atoms with E-state index in [4.69, 9.17) is 11.5 Å². The van der Waals surface area contributed by atoms with Gasteiger partial charge < -0.3 is 16.8 Å². The normalized spacial score (nSPS) is 12.0. The summed E-state index contributed by atoms with van der Waals surface area (Å²) >= 11 is 0. The highest BCUT2D eigenvalue weighted by molar-refractivity contribution is 4.86. The van der Waals surface area contributed by atoms with Crippen molar-refractivity contribution >= 4 is 0 Å². The van der Waals surface area contributed by atoms with E-state index in [-0.39, 0.29) is 5.54 Å². The van der Waals surface area contributed by atoms with Gasteiger partial charge in [-0.3, -0.25) is 0 Å².